The molecule has 8 heteroatoms. The molecule has 4 aromatic rings. The van der Waals surface area contributed by atoms with Crippen LogP contribution in [0.3, 0.4) is 0 Å². The van der Waals surface area contributed by atoms with Crippen molar-refractivity contribution in [1.29, 1.82) is 0 Å². The maximum atomic E-state index is 13.2. The Morgan fingerprint density at radius 3 is 2.10 bits per heavy atom. The first kappa shape index (κ1) is 20.2. The number of halogens is 2. The van der Waals surface area contributed by atoms with E-state index in [-0.39, 0.29) is 18.5 Å². The van der Waals surface area contributed by atoms with Crippen molar-refractivity contribution in [3.05, 3.63) is 111 Å². The number of nitrogens with zero attached hydrogens (tertiary/aromatic N) is 2. The third-order valence-electron chi connectivity index (χ3n) is 4.82. The molecule has 1 aromatic heterocycles. The van der Waals surface area contributed by atoms with Crippen molar-refractivity contribution in [3.8, 4) is 0 Å². The number of anilines is 1. The lowest BCUT2D eigenvalue weighted by atomic mass is 10.2. The highest BCUT2D eigenvalue weighted by atomic mass is 19.1. The van der Waals surface area contributed by atoms with Gasteiger partial charge in [0, 0.05) is 5.69 Å². The number of benzene rings is 3. The Bertz CT molecular complexity index is 1370. The average Bonchev–Trinajstić information content (AvgIpc) is 2.77. The van der Waals surface area contributed by atoms with Crippen molar-refractivity contribution in [1.82, 2.24) is 9.13 Å². The quantitative estimate of drug-likeness (QED) is 0.538. The maximum absolute atomic E-state index is 13.2. The monoisotopic (exact) mass is 421 g/mol. The molecule has 0 aliphatic heterocycles. The van der Waals surface area contributed by atoms with E-state index in [1.165, 1.54) is 53.1 Å². The number of hydrogen-bond donors (Lipinski definition) is 1. The SMILES string of the molecule is O=C(Cn1c(=O)n(Cc2ccc(F)cc2)c(=O)c2ccccc21)Nc1ccc(F)cc1. The van der Waals surface area contributed by atoms with Gasteiger partial charge in [-0.25, -0.2) is 13.6 Å². The minimum atomic E-state index is -0.665. The molecule has 0 saturated heterocycles. The summed E-state index contributed by atoms with van der Waals surface area (Å²) in [6.45, 7) is -0.414. The van der Waals surface area contributed by atoms with Crippen molar-refractivity contribution >= 4 is 22.5 Å². The van der Waals surface area contributed by atoms with Crippen LogP contribution in [0.15, 0.2) is 82.4 Å². The zero-order chi connectivity index (χ0) is 22.0. The normalized spacial score (nSPS) is 10.9. The molecule has 1 heterocycles. The molecule has 0 aliphatic rings. The zero-order valence-corrected chi connectivity index (χ0v) is 16.2. The fourth-order valence-electron chi connectivity index (χ4n) is 3.31. The van der Waals surface area contributed by atoms with Crippen LogP contribution >= 0.6 is 0 Å². The van der Waals surface area contributed by atoms with E-state index >= 15 is 0 Å². The molecule has 0 spiro atoms. The van der Waals surface area contributed by atoms with Crippen molar-refractivity contribution in [2.24, 2.45) is 0 Å². The molecule has 0 saturated carbocycles. The van der Waals surface area contributed by atoms with Gasteiger partial charge >= 0.3 is 5.69 Å². The first-order chi connectivity index (χ1) is 14.9. The van der Waals surface area contributed by atoms with Gasteiger partial charge in [-0.2, -0.15) is 0 Å². The number of nitrogens with one attached hydrogen (secondary N) is 1. The van der Waals surface area contributed by atoms with Crippen LogP contribution in [0, 0.1) is 11.6 Å². The zero-order valence-electron chi connectivity index (χ0n) is 16.2. The lowest BCUT2D eigenvalue weighted by Crippen LogP contribution is -2.42. The van der Waals surface area contributed by atoms with Crippen molar-refractivity contribution in [2.45, 2.75) is 13.1 Å². The molecule has 1 amide bonds. The van der Waals surface area contributed by atoms with Crippen LogP contribution in [0.1, 0.15) is 5.56 Å². The molecule has 1 N–H and O–H groups in total. The molecular formula is C23H17F2N3O3. The molecule has 3 aromatic carbocycles. The number of amides is 1. The van der Waals surface area contributed by atoms with E-state index in [9.17, 15) is 23.2 Å². The van der Waals surface area contributed by atoms with E-state index in [4.69, 9.17) is 0 Å². The third kappa shape index (κ3) is 4.28. The van der Waals surface area contributed by atoms with E-state index < -0.39 is 28.8 Å². The number of carbonyl (C=O) groups is 1. The molecule has 0 atom stereocenters. The second-order valence-electron chi connectivity index (χ2n) is 6.96. The van der Waals surface area contributed by atoms with Crippen LogP contribution in [0.4, 0.5) is 14.5 Å². The van der Waals surface area contributed by atoms with Crippen LogP contribution in [0.25, 0.3) is 10.9 Å². The number of aromatic nitrogens is 2. The minimum absolute atomic E-state index is 0.0671. The summed E-state index contributed by atoms with van der Waals surface area (Å²) < 4.78 is 28.5. The number of fused-ring (bicyclic) bond motifs is 1. The molecule has 6 nitrogen and oxygen atoms in total. The van der Waals surface area contributed by atoms with Crippen molar-refractivity contribution in [2.75, 3.05) is 5.32 Å². The van der Waals surface area contributed by atoms with E-state index in [1.807, 2.05) is 0 Å². The minimum Gasteiger partial charge on any atom is -0.325 e. The molecule has 0 unspecified atom stereocenters. The van der Waals surface area contributed by atoms with Crippen molar-refractivity contribution in [3.63, 3.8) is 0 Å². The number of hydrogen-bond acceptors (Lipinski definition) is 3. The van der Waals surface area contributed by atoms with E-state index in [2.05, 4.69) is 5.32 Å². The van der Waals surface area contributed by atoms with Crippen LogP contribution in [-0.2, 0) is 17.9 Å². The van der Waals surface area contributed by atoms with Gasteiger partial charge in [-0.15, -0.1) is 0 Å². The summed E-state index contributed by atoms with van der Waals surface area (Å²) in [5, 5.41) is 2.88. The Morgan fingerprint density at radius 1 is 0.806 bits per heavy atom. The molecular weight excluding hydrogens is 404 g/mol. The molecule has 0 radical (unpaired) electrons. The largest absolute Gasteiger partial charge is 0.332 e. The summed E-state index contributed by atoms with van der Waals surface area (Å²) in [5.74, 6) is -1.37. The van der Waals surface area contributed by atoms with Gasteiger partial charge in [0.25, 0.3) is 5.56 Å². The summed E-state index contributed by atoms with van der Waals surface area (Å²) in [4.78, 5) is 38.6. The highest BCUT2D eigenvalue weighted by molar-refractivity contribution is 5.91. The smallest absolute Gasteiger partial charge is 0.325 e. The van der Waals surface area contributed by atoms with Crippen LogP contribution in [-0.4, -0.2) is 15.0 Å². The van der Waals surface area contributed by atoms with Gasteiger partial charge in [-0.3, -0.25) is 18.7 Å². The summed E-state index contributed by atoms with van der Waals surface area (Å²) >= 11 is 0. The topological polar surface area (TPSA) is 73.1 Å². The van der Waals surface area contributed by atoms with Gasteiger partial charge in [0.1, 0.15) is 18.2 Å². The Kier molecular flexibility index (Phi) is 5.44. The number of para-hydroxylation sites is 1. The average molecular weight is 421 g/mol. The van der Waals surface area contributed by atoms with E-state index in [1.54, 1.807) is 24.3 Å². The van der Waals surface area contributed by atoms with E-state index in [0.717, 1.165) is 4.57 Å². The number of rotatable bonds is 5. The van der Waals surface area contributed by atoms with E-state index in [0.29, 0.717) is 16.8 Å². The van der Waals surface area contributed by atoms with Gasteiger partial charge in [-0.1, -0.05) is 24.3 Å². The Hall–Kier alpha value is -4.07. The van der Waals surface area contributed by atoms with Gasteiger partial charge in [-0.05, 0) is 54.1 Å². The van der Waals surface area contributed by atoms with Crippen molar-refractivity contribution < 1.29 is 13.6 Å². The predicted octanol–water partition coefficient (Wildman–Crippen LogP) is 3.13. The Morgan fingerprint density at radius 2 is 1.42 bits per heavy atom. The molecule has 0 aliphatic carbocycles. The predicted molar refractivity (Wildman–Crippen MR) is 113 cm³/mol. The first-order valence-corrected chi connectivity index (χ1v) is 9.44. The van der Waals surface area contributed by atoms with Gasteiger partial charge in [0.15, 0.2) is 0 Å². The second-order valence-corrected chi connectivity index (χ2v) is 6.96. The summed E-state index contributed by atoms with van der Waals surface area (Å²) in [6, 6.07) is 17.2. The summed E-state index contributed by atoms with van der Waals surface area (Å²) in [7, 11) is 0. The maximum Gasteiger partial charge on any atom is 0.332 e. The summed E-state index contributed by atoms with van der Waals surface area (Å²) in [6.07, 6.45) is 0. The highest BCUT2D eigenvalue weighted by Crippen LogP contribution is 2.11. The second kappa shape index (κ2) is 8.35. The third-order valence-corrected chi connectivity index (χ3v) is 4.82. The fraction of sp³-hybridized carbons (Fsp3) is 0.0870. The van der Waals surface area contributed by atoms with Gasteiger partial charge in [0.2, 0.25) is 5.91 Å². The molecule has 4 rings (SSSR count). The molecule has 0 bridgehead atoms. The lowest BCUT2D eigenvalue weighted by Gasteiger charge is -2.14. The number of carbonyl (C=O) groups excluding carboxylic acids is 1. The van der Waals surface area contributed by atoms with Gasteiger partial charge < -0.3 is 5.32 Å². The molecule has 156 valence electrons. The first-order valence-electron chi connectivity index (χ1n) is 9.44. The summed E-state index contributed by atoms with van der Waals surface area (Å²) in [5.41, 5.74) is 0.103. The lowest BCUT2D eigenvalue weighted by molar-refractivity contribution is -0.116. The van der Waals surface area contributed by atoms with Crippen LogP contribution in [0.2, 0.25) is 0 Å². The van der Waals surface area contributed by atoms with Crippen LogP contribution < -0.4 is 16.6 Å². The standard InChI is InChI=1S/C23H17F2N3O3/c24-16-7-5-15(6-8-16)13-28-22(30)19-3-1-2-4-20(19)27(23(28)31)14-21(29)26-18-11-9-17(25)10-12-18/h1-12H,13-14H2,(H,26,29). The molecule has 0 fully saturated rings. The Labute approximate surface area is 175 Å². The Balaban J connectivity index is 1.74. The van der Waals surface area contributed by atoms with Crippen LogP contribution in [0.5, 0.6) is 0 Å². The highest BCUT2D eigenvalue weighted by Gasteiger charge is 2.16. The molecule has 31 heavy (non-hydrogen) atoms. The van der Waals surface area contributed by atoms with Gasteiger partial charge in [0.05, 0.1) is 17.4 Å². The fourth-order valence-corrected chi connectivity index (χ4v) is 3.31.